The van der Waals surface area contributed by atoms with E-state index in [1.807, 2.05) is 49.4 Å². The Morgan fingerprint density at radius 3 is 2.39 bits per heavy atom. The van der Waals surface area contributed by atoms with Crippen molar-refractivity contribution in [1.82, 2.24) is 4.98 Å². The van der Waals surface area contributed by atoms with Gasteiger partial charge in [-0.3, -0.25) is 14.9 Å². The smallest absolute Gasteiger partial charge is 0.308 e. The van der Waals surface area contributed by atoms with Crippen molar-refractivity contribution >= 4 is 11.7 Å². The Labute approximate surface area is 193 Å². The predicted molar refractivity (Wildman–Crippen MR) is 127 cm³/mol. The van der Waals surface area contributed by atoms with Crippen molar-refractivity contribution in [3.05, 3.63) is 76.8 Å². The van der Waals surface area contributed by atoms with Crippen LogP contribution < -0.4 is 4.74 Å². The molecular formula is C26H28N2O5. The summed E-state index contributed by atoms with van der Waals surface area (Å²) < 4.78 is 11.0. The number of ether oxygens (including phenoxy) is 2. The van der Waals surface area contributed by atoms with Crippen molar-refractivity contribution in [2.45, 2.75) is 33.1 Å². The maximum absolute atomic E-state index is 11.7. The Balaban J connectivity index is 1.72. The fourth-order valence-electron chi connectivity index (χ4n) is 3.41. The van der Waals surface area contributed by atoms with Crippen LogP contribution in [-0.2, 0) is 9.53 Å². The molecule has 0 aliphatic rings. The SMILES string of the molecule is CCOC(=O)C(C)CCCCOc1cc(-c2ccc([N+](=O)[O-])cc2)cc(-c2ccccc2)n1. The van der Waals surface area contributed by atoms with Gasteiger partial charge in [-0.15, -0.1) is 0 Å². The van der Waals surface area contributed by atoms with Gasteiger partial charge >= 0.3 is 5.97 Å². The molecular weight excluding hydrogens is 420 g/mol. The minimum absolute atomic E-state index is 0.0459. The Morgan fingerprint density at radius 1 is 1.00 bits per heavy atom. The fraction of sp³-hybridized carbons (Fsp3) is 0.308. The zero-order chi connectivity index (χ0) is 23.6. The number of esters is 1. The van der Waals surface area contributed by atoms with Crippen LogP contribution in [0.15, 0.2) is 66.7 Å². The van der Waals surface area contributed by atoms with Crippen molar-refractivity contribution in [2.24, 2.45) is 5.92 Å². The molecule has 172 valence electrons. The lowest BCUT2D eigenvalue weighted by Gasteiger charge is -2.12. The molecule has 0 aliphatic heterocycles. The molecule has 1 atom stereocenters. The topological polar surface area (TPSA) is 91.6 Å². The van der Waals surface area contributed by atoms with Gasteiger partial charge in [0.15, 0.2) is 0 Å². The number of unbranched alkanes of at least 4 members (excludes halogenated alkanes) is 1. The van der Waals surface area contributed by atoms with Crippen molar-refractivity contribution < 1.29 is 19.2 Å². The van der Waals surface area contributed by atoms with Crippen molar-refractivity contribution in [3.8, 4) is 28.3 Å². The second-order valence-corrected chi connectivity index (χ2v) is 7.75. The summed E-state index contributed by atoms with van der Waals surface area (Å²) in [6, 6.07) is 20.0. The van der Waals surface area contributed by atoms with Crippen LogP contribution in [0.25, 0.3) is 22.4 Å². The summed E-state index contributed by atoms with van der Waals surface area (Å²) in [7, 11) is 0. The van der Waals surface area contributed by atoms with Crippen molar-refractivity contribution in [3.63, 3.8) is 0 Å². The Hall–Kier alpha value is -3.74. The number of benzene rings is 2. The van der Waals surface area contributed by atoms with E-state index in [-0.39, 0.29) is 17.6 Å². The van der Waals surface area contributed by atoms with Crippen molar-refractivity contribution in [1.29, 1.82) is 0 Å². The third-order valence-electron chi connectivity index (χ3n) is 5.25. The van der Waals surface area contributed by atoms with E-state index in [4.69, 9.17) is 9.47 Å². The summed E-state index contributed by atoms with van der Waals surface area (Å²) in [5.41, 5.74) is 3.47. The third kappa shape index (κ3) is 6.87. The zero-order valence-electron chi connectivity index (χ0n) is 18.9. The normalized spacial score (nSPS) is 11.6. The van der Waals surface area contributed by atoms with E-state index >= 15 is 0 Å². The van der Waals surface area contributed by atoms with Gasteiger partial charge in [0.05, 0.1) is 29.7 Å². The molecule has 7 nitrogen and oxygen atoms in total. The van der Waals surface area contributed by atoms with E-state index in [0.29, 0.717) is 19.1 Å². The summed E-state index contributed by atoms with van der Waals surface area (Å²) in [6.45, 7) is 4.55. The molecule has 0 bridgehead atoms. The van der Waals surface area contributed by atoms with Crippen LogP contribution in [0.5, 0.6) is 5.88 Å². The largest absolute Gasteiger partial charge is 0.478 e. The molecule has 3 aromatic rings. The Morgan fingerprint density at radius 2 is 1.73 bits per heavy atom. The van der Waals surface area contributed by atoms with Crippen molar-refractivity contribution in [2.75, 3.05) is 13.2 Å². The van der Waals surface area contributed by atoms with Gasteiger partial charge in [-0.1, -0.05) is 37.3 Å². The number of carbonyl (C=O) groups excluding carboxylic acids is 1. The number of non-ortho nitro benzene ring substituents is 1. The summed E-state index contributed by atoms with van der Waals surface area (Å²) in [5, 5.41) is 11.0. The number of pyridine rings is 1. The average Bonchev–Trinajstić information content (AvgIpc) is 2.84. The summed E-state index contributed by atoms with van der Waals surface area (Å²) >= 11 is 0. The molecule has 7 heteroatoms. The molecule has 1 heterocycles. The van der Waals surface area contributed by atoms with Gasteiger partial charge in [0.2, 0.25) is 5.88 Å². The summed E-state index contributed by atoms with van der Waals surface area (Å²) in [4.78, 5) is 26.9. The molecule has 0 amide bonds. The molecule has 1 aromatic heterocycles. The number of nitrogens with zero attached hydrogens (tertiary/aromatic N) is 2. The van der Waals surface area contributed by atoms with Gasteiger partial charge in [0.1, 0.15) is 0 Å². The van der Waals surface area contributed by atoms with E-state index in [1.54, 1.807) is 19.1 Å². The fourth-order valence-corrected chi connectivity index (χ4v) is 3.41. The van der Waals surface area contributed by atoms with Crippen LogP contribution in [0, 0.1) is 16.0 Å². The van der Waals surface area contributed by atoms with Crippen LogP contribution in [-0.4, -0.2) is 29.1 Å². The predicted octanol–water partition coefficient (Wildman–Crippen LogP) is 6.07. The number of hydrogen-bond acceptors (Lipinski definition) is 6. The molecule has 0 radical (unpaired) electrons. The molecule has 0 fully saturated rings. The molecule has 0 spiro atoms. The molecule has 1 unspecified atom stereocenters. The maximum atomic E-state index is 11.7. The summed E-state index contributed by atoms with van der Waals surface area (Å²) in [6.07, 6.45) is 2.37. The van der Waals surface area contributed by atoms with E-state index in [9.17, 15) is 14.9 Å². The Kier molecular flexibility index (Phi) is 8.52. The second kappa shape index (κ2) is 11.8. The first-order chi connectivity index (χ1) is 16.0. The first-order valence-electron chi connectivity index (χ1n) is 11.1. The monoisotopic (exact) mass is 448 g/mol. The number of nitro benzene ring substituents is 1. The lowest BCUT2D eigenvalue weighted by Crippen LogP contribution is -2.14. The van der Waals surface area contributed by atoms with Gasteiger partial charge in [0, 0.05) is 23.8 Å². The van der Waals surface area contributed by atoms with Gasteiger partial charge < -0.3 is 9.47 Å². The highest BCUT2D eigenvalue weighted by Gasteiger charge is 2.13. The molecule has 2 aromatic carbocycles. The van der Waals surface area contributed by atoms with Gasteiger partial charge in [-0.05, 0) is 55.5 Å². The van der Waals surface area contributed by atoms with E-state index in [0.717, 1.165) is 41.6 Å². The van der Waals surface area contributed by atoms with Crippen LogP contribution in [0.1, 0.15) is 33.1 Å². The summed E-state index contributed by atoms with van der Waals surface area (Å²) in [5.74, 6) is 0.199. The standard InChI is InChI=1S/C26H28N2O5/c1-3-32-26(29)19(2)9-7-8-16-33-25-18-22(20-12-14-23(15-13-20)28(30)31)17-24(27-25)21-10-5-4-6-11-21/h4-6,10-15,17-19H,3,7-9,16H2,1-2H3. The van der Waals surface area contributed by atoms with E-state index < -0.39 is 4.92 Å². The Bertz CT molecular complexity index is 1070. The molecule has 0 saturated heterocycles. The number of rotatable bonds is 11. The first-order valence-corrected chi connectivity index (χ1v) is 11.1. The van der Waals surface area contributed by atoms with Gasteiger partial charge in [-0.25, -0.2) is 4.98 Å². The van der Waals surface area contributed by atoms with Crippen LogP contribution >= 0.6 is 0 Å². The first kappa shape index (κ1) is 23.9. The number of aromatic nitrogens is 1. The lowest BCUT2D eigenvalue weighted by atomic mass is 10.0. The van der Waals surface area contributed by atoms with Crippen LogP contribution in [0.4, 0.5) is 5.69 Å². The number of hydrogen-bond donors (Lipinski definition) is 0. The quantitative estimate of drug-likeness (QED) is 0.153. The molecule has 3 rings (SSSR count). The lowest BCUT2D eigenvalue weighted by molar-refractivity contribution is -0.384. The molecule has 0 aliphatic carbocycles. The second-order valence-electron chi connectivity index (χ2n) is 7.75. The van der Waals surface area contributed by atoms with Gasteiger partial charge in [0.25, 0.3) is 5.69 Å². The minimum atomic E-state index is -0.414. The van der Waals surface area contributed by atoms with Crippen LogP contribution in [0.3, 0.4) is 0 Å². The van der Waals surface area contributed by atoms with Crippen LogP contribution in [0.2, 0.25) is 0 Å². The minimum Gasteiger partial charge on any atom is -0.478 e. The zero-order valence-corrected chi connectivity index (χ0v) is 18.9. The van der Waals surface area contributed by atoms with E-state index in [1.165, 1.54) is 12.1 Å². The average molecular weight is 449 g/mol. The third-order valence-corrected chi connectivity index (χ3v) is 5.25. The highest BCUT2D eigenvalue weighted by atomic mass is 16.6. The van der Waals surface area contributed by atoms with Gasteiger partial charge in [-0.2, -0.15) is 0 Å². The highest BCUT2D eigenvalue weighted by Crippen LogP contribution is 2.30. The molecule has 0 N–H and O–H groups in total. The molecule has 33 heavy (non-hydrogen) atoms. The maximum Gasteiger partial charge on any atom is 0.308 e. The van der Waals surface area contributed by atoms with E-state index in [2.05, 4.69) is 4.98 Å². The number of carbonyl (C=O) groups is 1. The number of nitro groups is 1. The molecule has 0 saturated carbocycles. The highest BCUT2D eigenvalue weighted by molar-refractivity contribution is 5.72.